The Morgan fingerprint density at radius 1 is 1.05 bits per heavy atom. The normalized spacial score (nSPS) is 14.1. The van der Waals surface area contributed by atoms with E-state index in [-0.39, 0.29) is 0 Å². The van der Waals surface area contributed by atoms with Gasteiger partial charge in [0.05, 0.1) is 15.6 Å². The van der Waals surface area contributed by atoms with E-state index in [1.807, 2.05) is 36.4 Å². The Labute approximate surface area is 130 Å². The zero-order valence-electron chi connectivity index (χ0n) is 11.7. The summed E-state index contributed by atoms with van der Waals surface area (Å²) in [6, 6.07) is 13.5. The molecule has 0 heterocycles. The lowest BCUT2D eigenvalue weighted by molar-refractivity contribution is 0.0576. The number of aliphatic hydroxyl groups is 1. The maximum atomic E-state index is 10.7. The molecule has 0 aliphatic rings. The van der Waals surface area contributed by atoms with Crippen LogP contribution in [0.1, 0.15) is 30.5 Å². The highest BCUT2D eigenvalue weighted by atomic mass is 35.5. The van der Waals surface area contributed by atoms with Crippen molar-refractivity contribution in [2.75, 3.05) is 0 Å². The maximum absolute atomic E-state index is 10.7. The minimum absolute atomic E-state index is 0.428. The lowest BCUT2D eigenvalue weighted by atomic mass is 9.88. The predicted octanol–water partition coefficient (Wildman–Crippen LogP) is 5.01. The molecule has 0 fully saturated rings. The minimum Gasteiger partial charge on any atom is -0.385 e. The van der Waals surface area contributed by atoms with Gasteiger partial charge in [0.2, 0.25) is 0 Å². The van der Waals surface area contributed by atoms with Crippen LogP contribution in [0.15, 0.2) is 42.5 Å². The van der Waals surface area contributed by atoms with Gasteiger partial charge < -0.3 is 5.11 Å². The Morgan fingerprint density at radius 2 is 1.70 bits per heavy atom. The van der Waals surface area contributed by atoms with Gasteiger partial charge in [-0.05, 0) is 36.1 Å². The second-order valence-corrected chi connectivity index (χ2v) is 6.00. The number of rotatable bonds is 4. The van der Waals surface area contributed by atoms with Crippen LogP contribution in [0.4, 0.5) is 0 Å². The summed E-state index contributed by atoms with van der Waals surface area (Å²) in [6.45, 7) is 3.91. The van der Waals surface area contributed by atoms with Crippen LogP contribution in [-0.4, -0.2) is 5.11 Å². The van der Waals surface area contributed by atoms with Crippen molar-refractivity contribution >= 4 is 23.2 Å². The van der Waals surface area contributed by atoms with Crippen LogP contribution in [-0.2, 0) is 18.4 Å². The Bertz CT molecular complexity index is 588. The quantitative estimate of drug-likeness (QED) is 0.842. The molecular formula is C17H18Cl2O. The van der Waals surface area contributed by atoms with Crippen LogP contribution < -0.4 is 0 Å². The average molecular weight is 309 g/mol. The topological polar surface area (TPSA) is 20.2 Å². The number of halogens is 2. The van der Waals surface area contributed by atoms with Gasteiger partial charge in [-0.25, -0.2) is 0 Å². The van der Waals surface area contributed by atoms with E-state index in [9.17, 15) is 5.11 Å². The van der Waals surface area contributed by atoms with E-state index in [2.05, 4.69) is 6.92 Å². The Kier molecular flexibility index (Phi) is 4.74. The summed E-state index contributed by atoms with van der Waals surface area (Å²) in [5.41, 5.74) is 2.01. The lowest BCUT2D eigenvalue weighted by Crippen LogP contribution is -2.24. The molecule has 0 radical (unpaired) electrons. The van der Waals surface area contributed by atoms with E-state index in [1.54, 1.807) is 13.0 Å². The van der Waals surface area contributed by atoms with Gasteiger partial charge in [0.1, 0.15) is 0 Å². The molecule has 0 aliphatic carbocycles. The van der Waals surface area contributed by atoms with E-state index in [4.69, 9.17) is 23.2 Å². The highest BCUT2D eigenvalue weighted by Crippen LogP contribution is 2.32. The third-order valence-corrected chi connectivity index (χ3v) is 4.41. The molecule has 1 unspecified atom stereocenters. The molecular weight excluding hydrogens is 291 g/mol. The number of hydrogen-bond donors (Lipinski definition) is 1. The van der Waals surface area contributed by atoms with Crippen molar-refractivity contribution in [2.45, 2.75) is 32.3 Å². The molecule has 0 aromatic heterocycles. The van der Waals surface area contributed by atoms with Crippen LogP contribution in [0.5, 0.6) is 0 Å². The van der Waals surface area contributed by atoms with Crippen molar-refractivity contribution < 1.29 is 5.11 Å². The smallest absolute Gasteiger partial charge is 0.0909 e. The van der Waals surface area contributed by atoms with Gasteiger partial charge in [-0.15, -0.1) is 0 Å². The third kappa shape index (κ3) is 3.35. The standard InChI is InChI=1S/C17H18Cl2O/c1-3-12-7-9-14(10-8-12)17(2,20)11-13-5-4-6-15(18)16(13)19/h4-10,20H,3,11H2,1-2H3. The number of benzene rings is 2. The largest absolute Gasteiger partial charge is 0.385 e. The summed E-state index contributed by atoms with van der Waals surface area (Å²) in [4.78, 5) is 0. The summed E-state index contributed by atoms with van der Waals surface area (Å²) in [5, 5.41) is 11.7. The third-order valence-electron chi connectivity index (χ3n) is 3.55. The summed E-state index contributed by atoms with van der Waals surface area (Å²) in [6.07, 6.45) is 1.42. The van der Waals surface area contributed by atoms with Crippen LogP contribution in [0.3, 0.4) is 0 Å². The molecule has 0 saturated carbocycles. The van der Waals surface area contributed by atoms with Gasteiger partial charge in [-0.2, -0.15) is 0 Å². The fourth-order valence-electron chi connectivity index (χ4n) is 2.26. The summed E-state index contributed by atoms with van der Waals surface area (Å²) < 4.78 is 0. The highest BCUT2D eigenvalue weighted by molar-refractivity contribution is 6.42. The highest BCUT2D eigenvalue weighted by Gasteiger charge is 2.25. The van der Waals surface area contributed by atoms with Gasteiger partial charge in [-0.1, -0.05) is 66.5 Å². The second-order valence-electron chi connectivity index (χ2n) is 5.21. The Hall–Kier alpha value is -1.02. The molecule has 0 bridgehead atoms. The Balaban J connectivity index is 2.27. The molecule has 0 spiro atoms. The van der Waals surface area contributed by atoms with E-state index in [0.29, 0.717) is 16.5 Å². The first-order chi connectivity index (χ1) is 9.44. The monoisotopic (exact) mass is 308 g/mol. The first kappa shape index (κ1) is 15.4. The molecule has 0 saturated heterocycles. The number of aryl methyl sites for hydroxylation is 1. The first-order valence-electron chi connectivity index (χ1n) is 6.68. The Morgan fingerprint density at radius 3 is 2.30 bits per heavy atom. The van der Waals surface area contributed by atoms with Crippen LogP contribution in [0, 0.1) is 0 Å². The zero-order valence-corrected chi connectivity index (χ0v) is 13.2. The van der Waals surface area contributed by atoms with Crippen molar-refractivity contribution in [1.82, 2.24) is 0 Å². The first-order valence-corrected chi connectivity index (χ1v) is 7.44. The minimum atomic E-state index is -0.972. The van der Waals surface area contributed by atoms with E-state index in [0.717, 1.165) is 17.5 Å². The molecule has 2 rings (SSSR count). The fourth-order valence-corrected chi connectivity index (χ4v) is 2.64. The molecule has 1 N–H and O–H groups in total. The van der Waals surface area contributed by atoms with Crippen molar-refractivity contribution in [1.29, 1.82) is 0 Å². The molecule has 3 heteroatoms. The van der Waals surface area contributed by atoms with E-state index >= 15 is 0 Å². The molecule has 0 amide bonds. The maximum Gasteiger partial charge on any atom is 0.0909 e. The van der Waals surface area contributed by atoms with Gasteiger partial charge in [0.25, 0.3) is 0 Å². The molecule has 0 aliphatic heterocycles. The molecule has 2 aromatic rings. The van der Waals surface area contributed by atoms with Gasteiger partial charge in [0, 0.05) is 6.42 Å². The number of hydrogen-bond acceptors (Lipinski definition) is 1. The molecule has 2 aromatic carbocycles. The summed E-state index contributed by atoms with van der Waals surface area (Å²) in [7, 11) is 0. The molecule has 1 nitrogen and oxygen atoms in total. The molecule has 1 atom stereocenters. The zero-order chi connectivity index (χ0) is 14.8. The molecule has 106 valence electrons. The van der Waals surface area contributed by atoms with Crippen LogP contribution in [0.25, 0.3) is 0 Å². The summed E-state index contributed by atoms with van der Waals surface area (Å²) in [5.74, 6) is 0. The van der Waals surface area contributed by atoms with Crippen molar-refractivity contribution in [3.8, 4) is 0 Å². The second kappa shape index (κ2) is 6.17. The van der Waals surface area contributed by atoms with Crippen LogP contribution >= 0.6 is 23.2 Å². The van der Waals surface area contributed by atoms with Gasteiger partial charge >= 0.3 is 0 Å². The lowest BCUT2D eigenvalue weighted by Gasteiger charge is -2.25. The molecule has 20 heavy (non-hydrogen) atoms. The average Bonchev–Trinajstić information content (AvgIpc) is 2.44. The van der Waals surface area contributed by atoms with Crippen LogP contribution in [0.2, 0.25) is 10.0 Å². The van der Waals surface area contributed by atoms with E-state index < -0.39 is 5.60 Å². The van der Waals surface area contributed by atoms with E-state index in [1.165, 1.54) is 5.56 Å². The fraction of sp³-hybridized carbons (Fsp3) is 0.294. The predicted molar refractivity (Wildman–Crippen MR) is 85.6 cm³/mol. The summed E-state index contributed by atoms with van der Waals surface area (Å²) >= 11 is 12.2. The van der Waals surface area contributed by atoms with Crippen molar-refractivity contribution in [3.63, 3.8) is 0 Å². The van der Waals surface area contributed by atoms with Gasteiger partial charge in [0.15, 0.2) is 0 Å². The van der Waals surface area contributed by atoms with Gasteiger partial charge in [-0.3, -0.25) is 0 Å². The van der Waals surface area contributed by atoms with Crippen molar-refractivity contribution in [2.24, 2.45) is 0 Å². The SMILES string of the molecule is CCc1ccc(C(C)(O)Cc2cccc(Cl)c2Cl)cc1. The van der Waals surface area contributed by atoms with Crippen molar-refractivity contribution in [3.05, 3.63) is 69.2 Å².